The van der Waals surface area contributed by atoms with Crippen LogP contribution in [-0.2, 0) is 10.9 Å². The van der Waals surface area contributed by atoms with Gasteiger partial charge in [0.05, 0.1) is 23.9 Å². The molecule has 0 amide bonds. The van der Waals surface area contributed by atoms with Crippen molar-refractivity contribution in [2.45, 2.75) is 25.6 Å². The smallest absolute Gasteiger partial charge is 0.379 e. The Bertz CT molecular complexity index is 351. The summed E-state index contributed by atoms with van der Waals surface area (Å²) in [6.07, 6.45) is -2.60. The molecule has 0 bridgehead atoms. The van der Waals surface area contributed by atoms with Crippen molar-refractivity contribution in [3.05, 3.63) is 29.6 Å². The van der Waals surface area contributed by atoms with Crippen LogP contribution in [0.15, 0.2) is 18.3 Å². The van der Waals surface area contributed by atoms with Gasteiger partial charge in [-0.1, -0.05) is 6.92 Å². The molecule has 18 heavy (non-hydrogen) atoms. The van der Waals surface area contributed by atoms with Crippen molar-refractivity contribution < 1.29 is 17.9 Å². The fraction of sp³-hybridized carbons (Fsp3) is 0.583. The largest absolute Gasteiger partial charge is 0.417 e. The molecule has 0 saturated heterocycles. The Balaban J connectivity index is 2.69. The Morgan fingerprint density at radius 1 is 1.39 bits per heavy atom. The number of hydrogen-bond acceptors (Lipinski definition) is 3. The maximum absolute atomic E-state index is 12.4. The zero-order chi connectivity index (χ0) is 13.6. The minimum Gasteiger partial charge on any atom is -0.379 e. The van der Waals surface area contributed by atoms with Crippen LogP contribution in [0.5, 0.6) is 0 Å². The second-order valence-corrected chi connectivity index (χ2v) is 3.89. The second kappa shape index (κ2) is 6.70. The molecule has 1 aromatic heterocycles. The van der Waals surface area contributed by atoms with Gasteiger partial charge in [0, 0.05) is 12.8 Å². The van der Waals surface area contributed by atoms with Gasteiger partial charge < -0.3 is 10.1 Å². The van der Waals surface area contributed by atoms with Crippen LogP contribution in [0.3, 0.4) is 0 Å². The van der Waals surface area contributed by atoms with Crippen molar-refractivity contribution in [2.24, 2.45) is 0 Å². The Morgan fingerprint density at radius 3 is 2.56 bits per heavy atom. The Hall–Kier alpha value is -1.14. The van der Waals surface area contributed by atoms with Gasteiger partial charge in [0.25, 0.3) is 0 Å². The van der Waals surface area contributed by atoms with Gasteiger partial charge in [0.15, 0.2) is 0 Å². The molecule has 0 aromatic carbocycles. The molecular formula is C12H17F3N2O. The molecule has 0 spiro atoms. The van der Waals surface area contributed by atoms with Crippen molar-refractivity contribution in [1.82, 2.24) is 10.3 Å². The molecule has 1 heterocycles. The molecule has 6 heteroatoms. The topological polar surface area (TPSA) is 34.1 Å². The summed E-state index contributed by atoms with van der Waals surface area (Å²) in [7, 11) is 1.72. The number of hydrogen-bond donors (Lipinski definition) is 1. The highest BCUT2D eigenvalue weighted by Crippen LogP contribution is 2.28. The maximum Gasteiger partial charge on any atom is 0.417 e. The second-order valence-electron chi connectivity index (χ2n) is 3.89. The van der Waals surface area contributed by atoms with E-state index < -0.39 is 11.7 Å². The van der Waals surface area contributed by atoms with Gasteiger partial charge in [-0.3, -0.25) is 4.98 Å². The third kappa shape index (κ3) is 4.27. The highest BCUT2D eigenvalue weighted by Gasteiger charge is 2.30. The molecule has 0 fully saturated rings. The number of pyridine rings is 1. The molecule has 1 N–H and O–H groups in total. The molecule has 0 aliphatic rings. The van der Waals surface area contributed by atoms with E-state index in [1.807, 2.05) is 6.92 Å². The molecule has 1 rings (SSSR count). The predicted molar refractivity (Wildman–Crippen MR) is 62.1 cm³/mol. The summed E-state index contributed by atoms with van der Waals surface area (Å²) < 4.78 is 42.5. The van der Waals surface area contributed by atoms with Crippen LogP contribution in [0.4, 0.5) is 13.2 Å². The average Bonchev–Trinajstić information content (AvgIpc) is 2.34. The van der Waals surface area contributed by atoms with Gasteiger partial charge in [0.1, 0.15) is 0 Å². The first-order chi connectivity index (χ1) is 8.49. The van der Waals surface area contributed by atoms with Crippen molar-refractivity contribution in [3.63, 3.8) is 0 Å². The highest BCUT2D eigenvalue weighted by atomic mass is 19.4. The van der Waals surface area contributed by atoms with Gasteiger partial charge >= 0.3 is 6.18 Å². The van der Waals surface area contributed by atoms with Crippen LogP contribution >= 0.6 is 0 Å². The maximum atomic E-state index is 12.4. The normalized spacial score (nSPS) is 13.6. The van der Waals surface area contributed by atoms with Gasteiger partial charge in [-0.05, 0) is 25.6 Å². The monoisotopic (exact) mass is 262 g/mol. The molecule has 0 aliphatic carbocycles. The summed E-state index contributed by atoms with van der Waals surface area (Å²) in [5, 5.41) is 2.97. The summed E-state index contributed by atoms with van der Waals surface area (Å²) in [6, 6.07) is 2.21. The van der Waals surface area contributed by atoms with Gasteiger partial charge in [-0.2, -0.15) is 13.2 Å². The summed E-state index contributed by atoms with van der Waals surface area (Å²) >= 11 is 0. The summed E-state index contributed by atoms with van der Waals surface area (Å²) in [4.78, 5) is 3.83. The number of likely N-dealkylation sites (N-methyl/N-ethyl adjacent to an activating group) is 1. The summed E-state index contributed by atoms with van der Waals surface area (Å²) in [5.74, 6) is 0. The van der Waals surface area contributed by atoms with Crippen molar-refractivity contribution in [3.8, 4) is 0 Å². The van der Waals surface area contributed by atoms with E-state index >= 15 is 0 Å². The number of rotatable bonds is 6. The average molecular weight is 262 g/mol. The number of nitrogens with zero attached hydrogens (tertiary/aromatic N) is 1. The van der Waals surface area contributed by atoms with Crippen LogP contribution < -0.4 is 5.32 Å². The van der Waals surface area contributed by atoms with Crippen LogP contribution in [0.1, 0.15) is 30.6 Å². The zero-order valence-electron chi connectivity index (χ0n) is 10.4. The third-order valence-corrected chi connectivity index (χ3v) is 2.45. The third-order valence-electron chi connectivity index (χ3n) is 2.45. The lowest BCUT2D eigenvalue weighted by Gasteiger charge is -2.16. The molecule has 1 atom stereocenters. The SMILES string of the molecule is CCCOCC(NC)c1ccc(C(F)(F)F)cn1. The molecule has 0 aliphatic heterocycles. The minimum atomic E-state index is -4.35. The van der Waals surface area contributed by atoms with Gasteiger partial charge in [-0.25, -0.2) is 0 Å². The van der Waals surface area contributed by atoms with E-state index in [2.05, 4.69) is 10.3 Å². The minimum absolute atomic E-state index is 0.196. The number of alkyl halides is 3. The first kappa shape index (κ1) is 14.9. The van der Waals surface area contributed by atoms with Crippen molar-refractivity contribution >= 4 is 0 Å². The molecule has 3 nitrogen and oxygen atoms in total. The van der Waals surface area contributed by atoms with E-state index in [1.54, 1.807) is 7.05 Å². The van der Waals surface area contributed by atoms with Crippen molar-refractivity contribution in [2.75, 3.05) is 20.3 Å². The van der Waals surface area contributed by atoms with E-state index in [4.69, 9.17) is 4.74 Å². The first-order valence-corrected chi connectivity index (χ1v) is 5.77. The Labute approximate surface area is 104 Å². The van der Waals surface area contributed by atoms with Crippen LogP contribution in [0.25, 0.3) is 0 Å². The van der Waals surface area contributed by atoms with Crippen LogP contribution in [-0.4, -0.2) is 25.2 Å². The lowest BCUT2D eigenvalue weighted by atomic mass is 10.1. The van der Waals surface area contributed by atoms with Crippen LogP contribution in [0, 0.1) is 0 Å². The summed E-state index contributed by atoms with van der Waals surface area (Å²) in [6.45, 7) is 3.01. The lowest BCUT2D eigenvalue weighted by molar-refractivity contribution is -0.137. The fourth-order valence-electron chi connectivity index (χ4n) is 1.44. The lowest BCUT2D eigenvalue weighted by Crippen LogP contribution is -2.23. The van der Waals surface area contributed by atoms with E-state index in [9.17, 15) is 13.2 Å². The fourth-order valence-corrected chi connectivity index (χ4v) is 1.44. The standard InChI is InChI=1S/C12H17F3N2O/c1-3-6-18-8-11(16-2)10-5-4-9(7-17-10)12(13,14)15/h4-5,7,11,16H,3,6,8H2,1-2H3. The van der Waals surface area contributed by atoms with E-state index in [0.717, 1.165) is 18.7 Å². The zero-order valence-corrected chi connectivity index (χ0v) is 10.4. The molecule has 1 unspecified atom stereocenters. The first-order valence-electron chi connectivity index (χ1n) is 5.77. The number of aromatic nitrogens is 1. The summed E-state index contributed by atoms with van der Waals surface area (Å²) in [5.41, 5.74) is -0.197. The molecule has 1 aromatic rings. The Kier molecular flexibility index (Phi) is 5.55. The number of nitrogens with one attached hydrogen (secondary N) is 1. The number of ether oxygens (including phenoxy) is 1. The Morgan fingerprint density at radius 2 is 2.11 bits per heavy atom. The molecule has 0 radical (unpaired) electrons. The van der Waals surface area contributed by atoms with Gasteiger partial charge in [-0.15, -0.1) is 0 Å². The molecule has 0 saturated carbocycles. The van der Waals surface area contributed by atoms with Crippen molar-refractivity contribution in [1.29, 1.82) is 0 Å². The van der Waals surface area contributed by atoms with E-state index in [0.29, 0.717) is 18.9 Å². The number of halogens is 3. The highest BCUT2D eigenvalue weighted by molar-refractivity contribution is 5.18. The van der Waals surface area contributed by atoms with Gasteiger partial charge in [0.2, 0.25) is 0 Å². The predicted octanol–water partition coefficient (Wildman–Crippen LogP) is 2.79. The van der Waals surface area contributed by atoms with Crippen LogP contribution in [0.2, 0.25) is 0 Å². The van der Waals surface area contributed by atoms with E-state index in [1.165, 1.54) is 6.07 Å². The quantitative estimate of drug-likeness (QED) is 0.800. The van der Waals surface area contributed by atoms with E-state index in [-0.39, 0.29) is 6.04 Å². The molecular weight excluding hydrogens is 245 g/mol. The molecule has 102 valence electrons.